The summed E-state index contributed by atoms with van der Waals surface area (Å²) < 4.78 is 32.3. The molecule has 0 aliphatic carbocycles. The van der Waals surface area contributed by atoms with Gasteiger partial charge in [0.2, 0.25) is 10.0 Å². The third-order valence-corrected chi connectivity index (χ3v) is 5.25. The van der Waals surface area contributed by atoms with Crippen LogP contribution >= 0.6 is 0 Å². The number of nitrogens with zero attached hydrogens (tertiary/aromatic N) is 1. The average molecular weight is 326 g/mol. The van der Waals surface area contributed by atoms with Gasteiger partial charge < -0.3 is 9.64 Å². The van der Waals surface area contributed by atoms with Crippen molar-refractivity contribution in [3.63, 3.8) is 0 Å². The molecule has 1 aromatic rings. The van der Waals surface area contributed by atoms with E-state index in [0.29, 0.717) is 5.56 Å². The molecule has 0 radical (unpaired) electrons. The molecule has 0 aromatic heterocycles. The van der Waals surface area contributed by atoms with Crippen LogP contribution in [0.1, 0.15) is 30.1 Å². The van der Waals surface area contributed by atoms with Gasteiger partial charge >= 0.3 is 5.97 Å². The van der Waals surface area contributed by atoms with E-state index >= 15 is 0 Å². The lowest BCUT2D eigenvalue weighted by Gasteiger charge is -2.29. The number of hydrogen-bond donors (Lipinski definition) is 1. The van der Waals surface area contributed by atoms with E-state index in [1.165, 1.54) is 24.3 Å². The second-order valence-electron chi connectivity index (χ2n) is 5.44. The molecule has 0 saturated carbocycles. The van der Waals surface area contributed by atoms with E-state index < -0.39 is 16.0 Å². The van der Waals surface area contributed by atoms with Crippen LogP contribution in [0.2, 0.25) is 0 Å². The zero-order valence-corrected chi connectivity index (χ0v) is 13.7. The Morgan fingerprint density at radius 2 is 1.86 bits per heavy atom. The standard InChI is InChI=1S/C15H22N2O4S/c1-3-21-15(18)12-4-6-14(7-5-12)22(19,20)16-13-8-10-17(2)11-9-13/h4-7,13,16H,3,8-11H2,1-2H3. The van der Waals surface area contributed by atoms with E-state index in [0.717, 1.165) is 25.9 Å². The van der Waals surface area contributed by atoms with Crippen molar-refractivity contribution in [2.75, 3.05) is 26.7 Å². The fourth-order valence-electron chi connectivity index (χ4n) is 2.40. The Hall–Kier alpha value is -1.44. The van der Waals surface area contributed by atoms with E-state index in [2.05, 4.69) is 9.62 Å². The van der Waals surface area contributed by atoms with Gasteiger partial charge in [-0.1, -0.05) is 0 Å². The molecule has 0 bridgehead atoms. The maximum Gasteiger partial charge on any atom is 0.338 e. The zero-order chi connectivity index (χ0) is 16.2. The molecule has 7 heteroatoms. The zero-order valence-electron chi connectivity index (χ0n) is 12.9. The van der Waals surface area contributed by atoms with Gasteiger partial charge in [-0.15, -0.1) is 0 Å². The molecule has 1 aliphatic rings. The predicted octanol–water partition coefficient (Wildman–Crippen LogP) is 1.24. The minimum atomic E-state index is -3.55. The van der Waals surface area contributed by atoms with Crippen LogP contribution in [0.4, 0.5) is 0 Å². The Morgan fingerprint density at radius 3 is 2.41 bits per heavy atom. The van der Waals surface area contributed by atoms with Crippen molar-refractivity contribution in [1.29, 1.82) is 0 Å². The minimum absolute atomic E-state index is 0.0362. The highest BCUT2D eigenvalue weighted by atomic mass is 32.2. The van der Waals surface area contributed by atoms with Crippen LogP contribution in [-0.4, -0.2) is 52.1 Å². The molecule has 1 aliphatic heterocycles. The van der Waals surface area contributed by atoms with E-state index in [1.807, 2.05) is 7.05 Å². The second kappa shape index (κ2) is 7.21. The lowest BCUT2D eigenvalue weighted by molar-refractivity contribution is 0.0526. The fourth-order valence-corrected chi connectivity index (χ4v) is 3.70. The normalized spacial score (nSPS) is 17.4. The third kappa shape index (κ3) is 4.28. The topological polar surface area (TPSA) is 75.7 Å². The summed E-state index contributed by atoms with van der Waals surface area (Å²) in [4.78, 5) is 13.9. The number of piperidine rings is 1. The van der Waals surface area contributed by atoms with Crippen molar-refractivity contribution in [2.45, 2.75) is 30.7 Å². The molecule has 0 spiro atoms. The van der Waals surface area contributed by atoms with Crippen LogP contribution in [0.3, 0.4) is 0 Å². The molecule has 1 aromatic carbocycles. The Kier molecular flexibility index (Phi) is 5.55. The monoisotopic (exact) mass is 326 g/mol. The molecular weight excluding hydrogens is 304 g/mol. The Balaban J connectivity index is 2.04. The number of likely N-dealkylation sites (tertiary alicyclic amines) is 1. The maximum absolute atomic E-state index is 12.3. The largest absolute Gasteiger partial charge is 0.462 e. The SMILES string of the molecule is CCOC(=O)c1ccc(S(=O)(=O)NC2CCN(C)CC2)cc1. The summed E-state index contributed by atoms with van der Waals surface area (Å²) in [7, 11) is -1.53. The molecule has 1 N–H and O–H groups in total. The van der Waals surface area contributed by atoms with E-state index in [-0.39, 0.29) is 17.5 Å². The van der Waals surface area contributed by atoms with Crippen LogP contribution in [0.25, 0.3) is 0 Å². The molecule has 0 unspecified atom stereocenters. The fraction of sp³-hybridized carbons (Fsp3) is 0.533. The minimum Gasteiger partial charge on any atom is -0.462 e. The van der Waals surface area contributed by atoms with Gasteiger partial charge in [-0.05, 0) is 64.2 Å². The highest BCUT2D eigenvalue weighted by Crippen LogP contribution is 2.15. The predicted molar refractivity (Wildman–Crippen MR) is 83.2 cm³/mol. The van der Waals surface area contributed by atoms with Crippen LogP contribution in [0, 0.1) is 0 Å². The molecule has 0 amide bonds. The smallest absolute Gasteiger partial charge is 0.338 e. The first-order valence-electron chi connectivity index (χ1n) is 7.40. The average Bonchev–Trinajstić information content (AvgIpc) is 2.50. The lowest BCUT2D eigenvalue weighted by atomic mass is 10.1. The first-order chi connectivity index (χ1) is 10.4. The Labute approximate surface area is 131 Å². The molecular formula is C15H22N2O4S. The van der Waals surface area contributed by atoms with Gasteiger partial charge in [0.25, 0.3) is 0 Å². The number of benzene rings is 1. The molecule has 1 fully saturated rings. The number of rotatable bonds is 5. The van der Waals surface area contributed by atoms with Crippen LogP contribution in [0.5, 0.6) is 0 Å². The van der Waals surface area contributed by atoms with Crippen molar-refractivity contribution in [2.24, 2.45) is 0 Å². The van der Waals surface area contributed by atoms with Gasteiger partial charge in [0.05, 0.1) is 17.1 Å². The molecule has 0 atom stereocenters. The number of esters is 1. The molecule has 122 valence electrons. The molecule has 1 heterocycles. The Bertz CT molecular complexity index is 605. The molecule has 22 heavy (non-hydrogen) atoms. The molecule has 2 rings (SSSR count). The van der Waals surface area contributed by atoms with Crippen molar-refractivity contribution in [3.05, 3.63) is 29.8 Å². The highest BCUT2D eigenvalue weighted by molar-refractivity contribution is 7.89. The van der Waals surface area contributed by atoms with Gasteiger partial charge in [-0.2, -0.15) is 0 Å². The van der Waals surface area contributed by atoms with Gasteiger partial charge in [0, 0.05) is 6.04 Å². The van der Waals surface area contributed by atoms with Gasteiger partial charge in [0.15, 0.2) is 0 Å². The number of hydrogen-bond acceptors (Lipinski definition) is 5. The second-order valence-corrected chi connectivity index (χ2v) is 7.16. The van der Waals surface area contributed by atoms with Crippen LogP contribution < -0.4 is 4.72 Å². The van der Waals surface area contributed by atoms with Crippen LogP contribution in [-0.2, 0) is 14.8 Å². The molecule has 6 nitrogen and oxygen atoms in total. The quantitative estimate of drug-likeness (QED) is 0.824. The van der Waals surface area contributed by atoms with Crippen molar-refractivity contribution < 1.29 is 17.9 Å². The summed E-state index contributed by atoms with van der Waals surface area (Å²) >= 11 is 0. The number of carbonyl (C=O) groups excluding carboxylic acids is 1. The first-order valence-corrected chi connectivity index (χ1v) is 8.88. The van der Waals surface area contributed by atoms with Crippen LogP contribution in [0.15, 0.2) is 29.2 Å². The van der Waals surface area contributed by atoms with Crippen molar-refractivity contribution in [1.82, 2.24) is 9.62 Å². The van der Waals surface area contributed by atoms with E-state index in [4.69, 9.17) is 4.74 Å². The Morgan fingerprint density at radius 1 is 1.27 bits per heavy atom. The number of ether oxygens (including phenoxy) is 1. The lowest BCUT2D eigenvalue weighted by Crippen LogP contribution is -2.43. The van der Waals surface area contributed by atoms with Gasteiger partial charge in [0.1, 0.15) is 0 Å². The van der Waals surface area contributed by atoms with E-state index in [9.17, 15) is 13.2 Å². The summed E-state index contributed by atoms with van der Waals surface area (Å²) in [6.45, 7) is 3.78. The summed E-state index contributed by atoms with van der Waals surface area (Å²) in [6, 6.07) is 5.78. The van der Waals surface area contributed by atoms with Crippen molar-refractivity contribution in [3.8, 4) is 0 Å². The molecule has 1 saturated heterocycles. The number of sulfonamides is 1. The summed E-state index contributed by atoms with van der Waals surface area (Å²) in [5.41, 5.74) is 0.347. The van der Waals surface area contributed by atoms with E-state index in [1.54, 1.807) is 6.92 Å². The first kappa shape index (κ1) is 16.9. The maximum atomic E-state index is 12.3. The highest BCUT2D eigenvalue weighted by Gasteiger charge is 2.23. The number of carbonyl (C=O) groups is 1. The van der Waals surface area contributed by atoms with Gasteiger partial charge in [-0.3, -0.25) is 0 Å². The van der Waals surface area contributed by atoms with Crippen molar-refractivity contribution >= 4 is 16.0 Å². The summed E-state index contributed by atoms with van der Waals surface area (Å²) in [5.74, 6) is -0.449. The van der Waals surface area contributed by atoms with Gasteiger partial charge in [-0.25, -0.2) is 17.9 Å². The summed E-state index contributed by atoms with van der Waals surface area (Å²) in [5, 5.41) is 0. The third-order valence-electron chi connectivity index (χ3n) is 3.72. The number of nitrogens with one attached hydrogen (secondary N) is 1. The summed E-state index contributed by atoms with van der Waals surface area (Å²) in [6.07, 6.45) is 1.60.